The minimum Gasteiger partial charge on any atom is -0.338 e. The molecule has 4 rings (SSSR count). The second-order valence-electron chi connectivity index (χ2n) is 7.78. The zero-order valence-electron chi connectivity index (χ0n) is 16.4. The van der Waals surface area contributed by atoms with Crippen LogP contribution >= 0.6 is 0 Å². The van der Waals surface area contributed by atoms with Crippen molar-refractivity contribution < 1.29 is 9.59 Å². The van der Waals surface area contributed by atoms with Gasteiger partial charge >= 0.3 is 6.03 Å². The van der Waals surface area contributed by atoms with Crippen molar-refractivity contribution in [1.82, 2.24) is 14.7 Å². The maximum absolute atomic E-state index is 12.9. The van der Waals surface area contributed by atoms with Crippen molar-refractivity contribution in [2.24, 2.45) is 0 Å². The van der Waals surface area contributed by atoms with E-state index in [4.69, 9.17) is 0 Å². The van der Waals surface area contributed by atoms with E-state index >= 15 is 0 Å². The van der Waals surface area contributed by atoms with Gasteiger partial charge in [0.25, 0.3) is 5.91 Å². The number of amides is 3. The largest absolute Gasteiger partial charge is 0.338 e. The number of likely N-dealkylation sites (tertiary alicyclic amines) is 1. The van der Waals surface area contributed by atoms with Crippen LogP contribution in [0.3, 0.4) is 0 Å². The molecule has 2 aliphatic rings. The van der Waals surface area contributed by atoms with E-state index < -0.39 is 0 Å². The molecule has 0 N–H and O–H groups in total. The maximum Gasteiger partial charge on any atom is 0.320 e. The third-order valence-corrected chi connectivity index (χ3v) is 5.80. The molecule has 2 aromatic rings. The van der Waals surface area contributed by atoms with Crippen LogP contribution in [-0.4, -0.2) is 58.9 Å². The van der Waals surface area contributed by atoms with Gasteiger partial charge in [-0.1, -0.05) is 48.0 Å². The van der Waals surface area contributed by atoms with Gasteiger partial charge in [0.1, 0.15) is 0 Å². The summed E-state index contributed by atoms with van der Waals surface area (Å²) in [6.45, 7) is 5.64. The normalized spacial score (nSPS) is 18.0. The first-order chi connectivity index (χ1) is 13.6. The van der Waals surface area contributed by atoms with Gasteiger partial charge in [-0.2, -0.15) is 0 Å². The highest BCUT2D eigenvalue weighted by Crippen LogP contribution is 2.23. The molecule has 28 heavy (non-hydrogen) atoms. The number of hydrogen-bond acceptors (Lipinski definition) is 2. The molecule has 0 aromatic heterocycles. The molecule has 0 unspecified atom stereocenters. The molecule has 0 radical (unpaired) electrons. The average Bonchev–Trinajstić information content (AvgIpc) is 3.08. The van der Waals surface area contributed by atoms with Gasteiger partial charge < -0.3 is 14.7 Å². The van der Waals surface area contributed by atoms with Crippen molar-refractivity contribution in [3.05, 3.63) is 71.3 Å². The Kier molecular flexibility index (Phi) is 5.33. The Morgan fingerprint density at radius 3 is 2.43 bits per heavy atom. The quantitative estimate of drug-likeness (QED) is 0.818. The number of carbonyl (C=O) groups is 2. The fourth-order valence-electron chi connectivity index (χ4n) is 4.23. The van der Waals surface area contributed by atoms with E-state index in [-0.39, 0.29) is 18.0 Å². The zero-order valence-corrected chi connectivity index (χ0v) is 16.4. The van der Waals surface area contributed by atoms with Crippen LogP contribution in [0.4, 0.5) is 4.79 Å². The van der Waals surface area contributed by atoms with Crippen LogP contribution in [0, 0.1) is 6.92 Å². The number of hydrogen-bond donors (Lipinski definition) is 0. The summed E-state index contributed by atoms with van der Waals surface area (Å²) in [6, 6.07) is 18.3. The Hall–Kier alpha value is -2.82. The highest BCUT2D eigenvalue weighted by molar-refractivity contribution is 5.94. The van der Waals surface area contributed by atoms with E-state index in [9.17, 15) is 9.59 Å². The fraction of sp³-hybridized carbons (Fsp3) is 0.391. The van der Waals surface area contributed by atoms with Crippen LogP contribution in [0.2, 0.25) is 0 Å². The summed E-state index contributed by atoms with van der Waals surface area (Å²) in [4.78, 5) is 31.5. The highest BCUT2D eigenvalue weighted by atomic mass is 16.2. The van der Waals surface area contributed by atoms with Gasteiger partial charge in [-0.05, 0) is 37.5 Å². The standard InChI is InChI=1S/C23H27N3O2/c1-18-6-5-9-20(16-18)22(27)24-12-10-21(11-13-24)26-15-14-25(23(26)28)17-19-7-3-2-4-8-19/h2-9,16,21H,10-15,17H2,1H3. The van der Waals surface area contributed by atoms with Gasteiger partial charge in [-0.25, -0.2) is 4.79 Å². The number of carbonyl (C=O) groups excluding carboxylic acids is 2. The van der Waals surface area contributed by atoms with Crippen molar-refractivity contribution in [3.63, 3.8) is 0 Å². The molecule has 5 nitrogen and oxygen atoms in total. The van der Waals surface area contributed by atoms with Crippen molar-refractivity contribution >= 4 is 11.9 Å². The lowest BCUT2D eigenvalue weighted by Gasteiger charge is -2.36. The van der Waals surface area contributed by atoms with Crippen LogP contribution in [0.15, 0.2) is 54.6 Å². The Bertz CT molecular complexity index is 844. The van der Waals surface area contributed by atoms with Crippen LogP contribution in [0.1, 0.15) is 34.3 Å². The second-order valence-corrected chi connectivity index (χ2v) is 7.78. The molecule has 2 aromatic carbocycles. The molecule has 5 heteroatoms. The first kappa shape index (κ1) is 18.5. The van der Waals surface area contributed by atoms with E-state index in [0.717, 1.165) is 42.6 Å². The Labute approximate surface area is 166 Å². The molecule has 0 aliphatic carbocycles. The monoisotopic (exact) mass is 377 g/mol. The van der Waals surface area contributed by atoms with Gasteiger partial charge in [0, 0.05) is 44.3 Å². The Balaban J connectivity index is 1.33. The van der Waals surface area contributed by atoms with Crippen LogP contribution in [0.25, 0.3) is 0 Å². The Morgan fingerprint density at radius 2 is 1.71 bits per heavy atom. The summed E-state index contributed by atoms with van der Waals surface area (Å²) in [5.74, 6) is 0.0978. The molecule has 2 saturated heterocycles. The molecule has 2 aliphatic heterocycles. The van der Waals surface area contributed by atoms with Gasteiger partial charge in [0.15, 0.2) is 0 Å². The number of nitrogens with zero attached hydrogens (tertiary/aromatic N) is 3. The molecule has 146 valence electrons. The summed E-state index contributed by atoms with van der Waals surface area (Å²) in [5.41, 5.74) is 3.02. The summed E-state index contributed by atoms with van der Waals surface area (Å²) in [5, 5.41) is 0. The topological polar surface area (TPSA) is 43.9 Å². The molecule has 0 saturated carbocycles. The lowest BCUT2D eigenvalue weighted by atomic mass is 10.0. The molecule has 2 heterocycles. The number of aryl methyl sites for hydroxylation is 1. The molecule has 0 atom stereocenters. The first-order valence-corrected chi connectivity index (χ1v) is 10.1. The van der Waals surface area contributed by atoms with Crippen molar-refractivity contribution in [2.45, 2.75) is 32.4 Å². The van der Waals surface area contributed by atoms with E-state index in [2.05, 4.69) is 12.1 Å². The van der Waals surface area contributed by atoms with Crippen molar-refractivity contribution in [2.75, 3.05) is 26.2 Å². The minimum atomic E-state index is 0.0978. The van der Waals surface area contributed by atoms with Gasteiger partial charge in [0.05, 0.1) is 0 Å². The number of benzene rings is 2. The molecule has 2 fully saturated rings. The van der Waals surface area contributed by atoms with E-state index in [1.807, 2.05) is 64.1 Å². The predicted octanol–water partition coefficient (Wildman–Crippen LogP) is 3.54. The van der Waals surface area contributed by atoms with Crippen LogP contribution in [-0.2, 0) is 6.54 Å². The summed E-state index contributed by atoms with van der Waals surface area (Å²) in [7, 11) is 0. The van der Waals surface area contributed by atoms with Crippen molar-refractivity contribution in [1.29, 1.82) is 0 Å². The summed E-state index contributed by atoms with van der Waals surface area (Å²) in [6.07, 6.45) is 1.70. The maximum atomic E-state index is 12.9. The minimum absolute atomic E-state index is 0.0978. The second kappa shape index (κ2) is 8.05. The van der Waals surface area contributed by atoms with Crippen LogP contribution < -0.4 is 0 Å². The van der Waals surface area contributed by atoms with E-state index in [1.54, 1.807) is 0 Å². The lowest BCUT2D eigenvalue weighted by molar-refractivity contribution is 0.0663. The zero-order chi connectivity index (χ0) is 19.5. The van der Waals surface area contributed by atoms with E-state index in [1.165, 1.54) is 0 Å². The SMILES string of the molecule is Cc1cccc(C(=O)N2CCC(N3CCN(Cc4ccccc4)C3=O)CC2)c1. The molecule has 0 spiro atoms. The third-order valence-electron chi connectivity index (χ3n) is 5.80. The number of urea groups is 1. The fourth-order valence-corrected chi connectivity index (χ4v) is 4.23. The third kappa shape index (κ3) is 3.88. The Morgan fingerprint density at radius 1 is 0.964 bits per heavy atom. The number of rotatable bonds is 4. The number of piperidine rings is 1. The van der Waals surface area contributed by atoms with Crippen LogP contribution in [0.5, 0.6) is 0 Å². The summed E-state index contributed by atoms with van der Waals surface area (Å²) >= 11 is 0. The first-order valence-electron chi connectivity index (χ1n) is 10.1. The van der Waals surface area contributed by atoms with Crippen molar-refractivity contribution in [3.8, 4) is 0 Å². The highest BCUT2D eigenvalue weighted by Gasteiger charge is 2.36. The molecular weight excluding hydrogens is 350 g/mol. The summed E-state index contributed by atoms with van der Waals surface area (Å²) < 4.78 is 0. The predicted molar refractivity (Wildman–Crippen MR) is 109 cm³/mol. The lowest BCUT2D eigenvalue weighted by Crippen LogP contribution is -2.48. The smallest absolute Gasteiger partial charge is 0.320 e. The molecular formula is C23H27N3O2. The molecule has 3 amide bonds. The van der Waals surface area contributed by atoms with E-state index in [0.29, 0.717) is 19.6 Å². The molecule has 0 bridgehead atoms. The van der Waals surface area contributed by atoms with Gasteiger partial charge in [-0.15, -0.1) is 0 Å². The van der Waals surface area contributed by atoms with Gasteiger partial charge in [0.2, 0.25) is 0 Å². The average molecular weight is 377 g/mol. The van der Waals surface area contributed by atoms with Gasteiger partial charge in [-0.3, -0.25) is 4.79 Å².